The number of para-hydroxylation sites is 1. The van der Waals surface area contributed by atoms with Gasteiger partial charge in [0.25, 0.3) is 10.0 Å². The van der Waals surface area contributed by atoms with Crippen molar-refractivity contribution in [3.05, 3.63) is 47.7 Å². The van der Waals surface area contributed by atoms with Gasteiger partial charge in [0.1, 0.15) is 0 Å². The molecule has 0 aliphatic carbocycles. The van der Waals surface area contributed by atoms with Crippen molar-refractivity contribution >= 4 is 21.7 Å². The molecule has 0 N–H and O–H groups in total. The van der Waals surface area contributed by atoms with Crippen LogP contribution in [0.4, 0.5) is 5.69 Å². The summed E-state index contributed by atoms with van der Waals surface area (Å²) in [6.07, 6.45) is 1.58. The number of carbonyl (C=O) groups is 1. The summed E-state index contributed by atoms with van der Waals surface area (Å²) in [6.45, 7) is 0.383. The monoisotopic (exact) mass is 321 g/mol. The van der Waals surface area contributed by atoms with E-state index in [-0.39, 0.29) is 10.9 Å². The fraction of sp³-hybridized carbons (Fsp3) is 0.267. The molecule has 1 aliphatic rings. The molecule has 0 radical (unpaired) electrons. The second kappa shape index (κ2) is 5.49. The van der Waals surface area contributed by atoms with Gasteiger partial charge in [-0.05, 0) is 36.6 Å². The zero-order valence-electron chi connectivity index (χ0n) is 12.0. The van der Waals surface area contributed by atoms with Gasteiger partial charge in [0.2, 0.25) is 10.9 Å². The molecule has 1 aromatic heterocycles. The maximum atomic E-state index is 12.8. The average molecular weight is 321 g/mol. The summed E-state index contributed by atoms with van der Waals surface area (Å²) in [6, 6.07) is 9.95. The molecule has 0 amide bonds. The van der Waals surface area contributed by atoms with Crippen LogP contribution in [0.5, 0.6) is 0 Å². The molecule has 0 bridgehead atoms. The zero-order valence-corrected chi connectivity index (χ0v) is 12.8. The van der Waals surface area contributed by atoms with Crippen molar-refractivity contribution in [3.63, 3.8) is 0 Å². The minimum Gasteiger partial charge on any atom is -0.463 e. The second-order valence-electron chi connectivity index (χ2n) is 4.92. The quantitative estimate of drug-likeness (QED) is 0.810. The number of ether oxygens (including phenoxy) is 1. The van der Waals surface area contributed by atoms with Gasteiger partial charge in [0, 0.05) is 6.54 Å². The molecule has 2 heterocycles. The number of esters is 1. The van der Waals surface area contributed by atoms with Crippen LogP contribution >= 0.6 is 0 Å². The SMILES string of the molecule is COC(=O)c1ccc(S(=O)(=O)N2CCCc3ccccc32)o1. The molecule has 0 unspecified atom stereocenters. The van der Waals surface area contributed by atoms with Crippen LogP contribution in [-0.2, 0) is 21.2 Å². The summed E-state index contributed by atoms with van der Waals surface area (Å²) in [7, 11) is -2.63. The molecule has 2 aromatic rings. The first-order valence-corrected chi connectivity index (χ1v) is 8.27. The van der Waals surface area contributed by atoms with Crippen LogP contribution in [0.3, 0.4) is 0 Å². The molecule has 116 valence electrons. The van der Waals surface area contributed by atoms with E-state index in [2.05, 4.69) is 4.74 Å². The van der Waals surface area contributed by atoms with Gasteiger partial charge in [-0.25, -0.2) is 4.79 Å². The molecular weight excluding hydrogens is 306 g/mol. The number of carbonyl (C=O) groups excluding carboxylic acids is 1. The van der Waals surface area contributed by atoms with E-state index in [1.165, 1.54) is 23.5 Å². The Balaban J connectivity index is 2.01. The minimum atomic E-state index is -3.84. The maximum Gasteiger partial charge on any atom is 0.374 e. The topological polar surface area (TPSA) is 76.8 Å². The lowest BCUT2D eigenvalue weighted by atomic mass is 10.0. The number of benzene rings is 1. The van der Waals surface area contributed by atoms with Crippen molar-refractivity contribution in [2.45, 2.75) is 17.9 Å². The smallest absolute Gasteiger partial charge is 0.374 e. The van der Waals surface area contributed by atoms with Crippen molar-refractivity contribution < 1.29 is 22.4 Å². The van der Waals surface area contributed by atoms with E-state index in [0.29, 0.717) is 12.2 Å². The number of furan rings is 1. The molecule has 0 saturated heterocycles. The van der Waals surface area contributed by atoms with Crippen molar-refractivity contribution in [3.8, 4) is 0 Å². The molecule has 0 saturated carbocycles. The predicted octanol–water partition coefficient (Wildman–Crippen LogP) is 2.21. The highest BCUT2D eigenvalue weighted by Gasteiger charge is 2.32. The van der Waals surface area contributed by atoms with E-state index < -0.39 is 16.0 Å². The van der Waals surface area contributed by atoms with Crippen molar-refractivity contribution in [2.24, 2.45) is 0 Å². The average Bonchev–Trinajstić information content (AvgIpc) is 3.04. The predicted molar refractivity (Wildman–Crippen MR) is 79.3 cm³/mol. The largest absolute Gasteiger partial charge is 0.463 e. The summed E-state index contributed by atoms with van der Waals surface area (Å²) < 4.78 is 36.5. The normalized spacial score (nSPS) is 14.5. The van der Waals surface area contributed by atoms with Gasteiger partial charge >= 0.3 is 5.97 Å². The third kappa shape index (κ3) is 2.37. The Morgan fingerprint density at radius 3 is 2.77 bits per heavy atom. The molecule has 0 atom stereocenters. The first-order valence-electron chi connectivity index (χ1n) is 6.83. The van der Waals surface area contributed by atoms with Crippen LogP contribution in [0.25, 0.3) is 0 Å². The molecule has 22 heavy (non-hydrogen) atoms. The lowest BCUT2D eigenvalue weighted by molar-refractivity contribution is 0.0559. The van der Waals surface area contributed by atoms with E-state index in [0.717, 1.165) is 18.4 Å². The summed E-state index contributed by atoms with van der Waals surface area (Å²) in [5, 5.41) is -0.260. The van der Waals surface area contributed by atoms with E-state index in [4.69, 9.17) is 4.42 Å². The molecular formula is C15H15NO5S. The highest BCUT2D eigenvalue weighted by atomic mass is 32.2. The molecule has 1 aliphatic heterocycles. The third-order valence-corrected chi connectivity index (χ3v) is 5.27. The molecule has 1 aromatic carbocycles. The number of hydrogen-bond donors (Lipinski definition) is 0. The standard InChI is InChI=1S/C15H15NO5S/c1-20-15(17)13-8-9-14(21-13)22(18,19)16-10-4-6-11-5-2-3-7-12(11)16/h2-3,5,7-9H,4,6,10H2,1H3. The molecule has 3 rings (SSSR count). The number of anilines is 1. The Kier molecular flexibility index (Phi) is 3.66. The van der Waals surface area contributed by atoms with Crippen molar-refractivity contribution in [1.29, 1.82) is 0 Å². The second-order valence-corrected chi connectivity index (χ2v) is 6.71. The van der Waals surface area contributed by atoms with Crippen LogP contribution in [0, 0.1) is 0 Å². The van der Waals surface area contributed by atoms with E-state index >= 15 is 0 Å². The summed E-state index contributed by atoms with van der Waals surface area (Å²) in [5.74, 6) is -0.841. The number of rotatable bonds is 3. The van der Waals surface area contributed by atoms with Gasteiger partial charge in [0.05, 0.1) is 12.8 Å². The fourth-order valence-corrected chi connectivity index (χ4v) is 3.99. The summed E-state index contributed by atoms with van der Waals surface area (Å²) >= 11 is 0. The molecule has 0 spiro atoms. The van der Waals surface area contributed by atoms with Crippen LogP contribution in [0.2, 0.25) is 0 Å². The maximum absolute atomic E-state index is 12.8. The number of fused-ring (bicyclic) bond motifs is 1. The van der Waals surface area contributed by atoms with Crippen LogP contribution in [0.15, 0.2) is 45.9 Å². The van der Waals surface area contributed by atoms with E-state index in [9.17, 15) is 13.2 Å². The number of nitrogens with zero attached hydrogens (tertiary/aromatic N) is 1. The summed E-state index contributed by atoms with van der Waals surface area (Å²) in [4.78, 5) is 11.4. The van der Waals surface area contributed by atoms with Gasteiger partial charge < -0.3 is 9.15 Å². The Bertz CT molecular complexity index is 809. The number of methoxy groups -OCH3 is 1. The Labute approximate surface area is 128 Å². The van der Waals surface area contributed by atoms with Gasteiger partial charge in [-0.15, -0.1) is 0 Å². The van der Waals surface area contributed by atoms with E-state index in [1.54, 1.807) is 12.1 Å². The first kappa shape index (κ1) is 14.6. The Hall–Kier alpha value is -2.28. The number of hydrogen-bond acceptors (Lipinski definition) is 5. The Morgan fingerprint density at radius 1 is 1.23 bits per heavy atom. The van der Waals surface area contributed by atoms with Crippen molar-refractivity contribution in [2.75, 3.05) is 18.0 Å². The van der Waals surface area contributed by atoms with Gasteiger partial charge in [-0.3, -0.25) is 4.31 Å². The van der Waals surface area contributed by atoms with Crippen LogP contribution in [0.1, 0.15) is 22.5 Å². The van der Waals surface area contributed by atoms with E-state index in [1.807, 2.05) is 12.1 Å². The summed E-state index contributed by atoms with van der Waals surface area (Å²) in [5.41, 5.74) is 1.64. The van der Waals surface area contributed by atoms with Gasteiger partial charge in [-0.1, -0.05) is 18.2 Å². The van der Waals surface area contributed by atoms with Gasteiger partial charge in [-0.2, -0.15) is 8.42 Å². The lowest BCUT2D eigenvalue weighted by Crippen LogP contribution is -2.35. The van der Waals surface area contributed by atoms with Crippen LogP contribution in [-0.4, -0.2) is 28.0 Å². The van der Waals surface area contributed by atoms with Crippen LogP contribution < -0.4 is 4.31 Å². The zero-order chi connectivity index (χ0) is 15.7. The van der Waals surface area contributed by atoms with Gasteiger partial charge in [0.15, 0.2) is 0 Å². The highest BCUT2D eigenvalue weighted by Crippen LogP contribution is 2.32. The number of aryl methyl sites for hydroxylation is 1. The lowest BCUT2D eigenvalue weighted by Gasteiger charge is -2.29. The molecule has 0 fully saturated rings. The Morgan fingerprint density at radius 2 is 2.00 bits per heavy atom. The third-order valence-electron chi connectivity index (χ3n) is 3.58. The highest BCUT2D eigenvalue weighted by molar-refractivity contribution is 7.92. The first-order chi connectivity index (χ1) is 10.5. The minimum absolute atomic E-state index is 0.133. The van der Waals surface area contributed by atoms with Crippen molar-refractivity contribution in [1.82, 2.24) is 0 Å². The fourth-order valence-electron chi connectivity index (χ4n) is 2.53. The molecule has 6 nitrogen and oxygen atoms in total. The molecule has 7 heteroatoms. The number of sulfonamides is 1.